The van der Waals surface area contributed by atoms with E-state index in [4.69, 9.17) is 9.47 Å². The molecule has 5 heteroatoms. The van der Waals surface area contributed by atoms with Crippen molar-refractivity contribution < 1.29 is 18.7 Å². The summed E-state index contributed by atoms with van der Waals surface area (Å²) in [5.41, 5.74) is 1.62. The Morgan fingerprint density at radius 2 is 1.77 bits per heavy atom. The van der Waals surface area contributed by atoms with Gasteiger partial charge in [0.2, 0.25) is 0 Å². The van der Waals surface area contributed by atoms with E-state index < -0.39 is 0 Å². The highest BCUT2D eigenvalue weighted by molar-refractivity contribution is 6.09. The van der Waals surface area contributed by atoms with Gasteiger partial charge in [-0.15, -0.1) is 0 Å². The van der Waals surface area contributed by atoms with E-state index in [1.807, 2.05) is 48.2 Å². The first kappa shape index (κ1) is 21.3. The summed E-state index contributed by atoms with van der Waals surface area (Å²) in [5, 5.41) is 1.97. The number of hydrogen-bond acceptors (Lipinski definition) is 3. The lowest BCUT2D eigenvalue weighted by Gasteiger charge is -2.32. The minimum Gasteiger partial charge on any atom is -0.493 e. The molecule has 0 bridgehead atoms. The molecule has 162 valence electrons. The second kappa shape index (κ2) is 9.92. The predicted octanol–water partition coefficient (Wildman–Crippen LogP) is 5.45. The zero-order valence-corrected chi connectivity index (χ0v) is 17.9. The molecule has 0 aromatic heterocycles. The topological polar surface area (TPSA) is 38.8 Å². The van der Waals surface area contributed by atoms with Crippen molar-refractivity contribution in [3.05, 3.63) is 77.6 Å². The van der Waals surface area contributed by atoms with Gasteiger partial charge in [-0.3, -0.25) is 4.79 Å². The van der Waals surface area contributed by atoms with Gasteiger partial charge in [-0.2, -0.15) is 0 Å². The van der Waals surface area contributed by atoms with Crippen LogP contribution in [0.15, 0.2) is 60.7 Å². The lowest BCUT2D eigenvalue weighted by molar-refractivity contribution is 0.0477. The fraction of sp³-hybridized carbons (Fsp3) is 0.346. The number of fused-ring (bicyclic) bond motifs is 1. The Morgan fingerprint density at radius 3 is 2.52 bits per heavy atom. The number of nitrogens with zero attached hydrogens (tertiary/aromatic N) is 1. The molecule has 3 aromatic rings. The van der Waals surface area contributed by atoms with Crippen molar-refractivity contribution in [1.82, 2.24) is 4.90 Å². The zero-order chi connectivity index (χ0) is 21.6. The van der Waals surface area contributed by atoms with E-state index in [0.717, 1.165) is 29.2 Å². The number of halogens is 1. The number of carbonyl (C=O) groups is 1. The van der Waals surface area contributed by atoms with Crippen LogP contribution in [0.25, 0.3) is 10.8 Å². The van der Waals surface area contributed by atoms with Crippen molar-refractivity contribution in [2.24, 2.45) is 5.92 Å². The first-order valence-corrected chi connectivity index (χ1v) is 10.9. The Morgan fingerprint density at radius 1 is 1.03 bits per heavy atom. The van der Waals surface area contributed by atoms with Crippen LogP contribution in [0.1, 0.15) is 35.7 Å². The highest BCUT2D eigenvalue weighted by Crippen LogP contribution is 2.31. The van der Waals surface area contributed by atoms with Crippen LogP contribution in [0.5, 0.6) is 5.75 Å². The second-order valence-electron chi connectivity index (χ2n) is 7.97. The first-order chi connectivity index (χ1) is 15.2. The minimum absolute atomic E-state index is 0.0333. The number of ether oxygens (including phenoxy) is 2. The molecule has 0 spiro atoms. The smallest absolute Gasteiger partial charge is 0.258 e. The van der Waals surface area contributed by atoms with E-state index in [0.29, 0.717) is 50.1 Å². The molecule has 0 saturated carbocycles. The lowest BCUT2D eigenvalue weighted by Crippen LogP contribution is -2.39. The quantitative estimate of drug-likeness (QED) is 0.509. The van der Waals surface area contributed by atoms with Gasteiger partial charge in [0.15, 0.2) is 0 Å². The van der Waals surface area contributed by atoms with Crippen molar-refractivity contribution in [1.29, 1.82) is 0 Å². The number of carbonyl (C=O) groups excluding carboxylic acids is 1. The van der Waals surface area contributed by atoms with Crippen molar-refractivity contribution in [2.75, 3.05) is 26.3 Å². The van der Waals surface area contributed by atoms with Gasteiger partial charge >= 0.3 is 0 Å². The number of piperidine rings is 1. The van der Waals surface area contributed by atoms with E-state index in [2.05, 4.69) is 0 Å². The molecule has 1 saturated heterocycles. The van der Waals surface area contributed by atoms with Crippen LogP contribution < -0.4 is 4.74 Å². The number of likely N-dealkylation sites (tertiary alicyclic amines) is 1. The van der Waals surface area contributed by atoms with E-state index >= 15 is 0 Å². The Balaban J connectivity index is 1.37. The molecular formula is C26H28FNO3. The average molecular weight is 422 g/mol. The van der Waals surface area contributed by atoms with Crippen LogP contribution in [0, 0.1) is 11.7 Å². The maximum atomic E-state index is 13.4. The third-order valence-corrected chi connectivity index (χ3v) is 5.84. The molecule has 0 aliphatic carbocycles. The Labute approximate surface area is 182 Å². The van der Waals surface area contributed by atoms with Gasteiger partial charge in [-0.25, -0.2) is 4.39 Å². The summed E-state index contributed by atoms with van der Waals surface area (Å²) in [6.45, 7) is 4.99. The van der Waals surface area contributed by atoms with Gasteiger partial charge in [0.05, 0.1) is 18.8 Å². The van der Waals surface area contributed by atoms with Crippen molar-refractivity contribution in [2.45, 2.75) is 26.4 Å². The molecule has 0 N–H and O–H groups in total. The van der Waals surface area contributed by atoms with Crippen LogP contribution in [0.3, 0.4) is 0 Å². The second-order valence-corrected chi connectivity index (χ2v) is 7.97. The summed E-state index contributed by atoms with van der Waals surface area (Å²) in [5.74, 6) is 0.866. The van der Waals surface area contributed by atoms with Gasteiger partial charge in [-0.05, 0) is 60.2 Å². The van der Waals surface area contributed by atoms with Gasteiger partial charge in [0, 0.05) is 19.7 Å². The third kappa shape index (κ3) is 5.05. The maximum absolute atomic E-state index is 13.4. The van der Waals surface area contributed by atoms with Gasteiger partial charge in [-0.1, -0.05) is 42.5 Å². The molecule has 1 aliphatic heterocycles. The van der Waals surface area contributed by atoms with Gasteiger partial charge in [0.25, 0.3) is 5.91 Å². The molecule has 1 amide bonds. The fourth-order valence-electron chi connectivity index (χ4n) is 4.13. The number of amides is 1. The molecule has 0 unspecified atom stereocenters. The molecule has 0 atom stereocenters. The highest BCUT2D eigenvalue weighted by atomic mass is 19.1. The summed E-state index contributed by atoms with van der Waals surface area (Å²) in [6, 6.07) is 18.2. The van der Waals surface area contributed by atoms with Crippen LogP contribution >= 0.6 is 0 Å². The summed E-state index contributed by atoms with van der Waals surface area (Å²) in [7, 11) is 0. The van der Waals surface area contributed by atoms with Crippen LogP contribution in [-0.2, 0) is 11.3 Å². The van der Waals surface area contributed by atoms with Crippen LogP contribution in [0.4, 0.5) is 4.39 Å². The van der Waals surface area contributed by atoms with Crippen LogP contribution in [0.2, 0.25) is 0 Å². The number of benzene rings is 3. The van der Waals surface area contributed by atoms with E-state index in [1.165, 1.54) is 12.1 Å². The van der Waals surface area contributed by atoms with Gasteiger partial charge in [0.1, 0.15) is 11.6 Å². The first-order valence-electron chi connectivity index (χ1n) is 10.9. The fourth-order valence-corrected chi connectivity index (χ4v) is 4.13. The Kier molecular flexibility index (Phi) is 6.82. The Hall–Kier alpha value is -2.92. The monoisotopic (exact) mass is 421 g/mol. The largest absolute Gasteiger partial charge is 0.493 e. The van der Waals surface area contributed by atoms with E-state index in [1.54, 1.807) is 12.1 Å². The van der Waals surface area contributed by atoms with Crippen molar-refractivity contribution in [3.8, 4) is 5.75 Å². The SMILES string of the molecule is CCOc1ccc2ccccc2c1C(=O)N1CCC(COCc2ccc(F)cc2)CC1. The highest BCUT2D eigenvalue weighted by Gasteiger charge is 2.27. The Bertz CT molecular complexity index is 1030. The molecule has 1 fully saturated rings. The number of hydrogen-bond donors (Lipinski definition) is 0. The molecule has 4 nitrogen and oxygen atoms in total. The molecular weight excluding hydrogens is 393 g/mol. The number of rotatable bonds is 7. The minimum atomic E-state index is -0.237. The zero-order valence-electron chi connectivity index (χ0n) is 17.9. The molecule has 1 heterocycles. The van der Waals surface area contributed by atoms with E-state index in [-0.39, 0.29) is 11.7 Å². The van der Waals surface area contributed by atoms with Crippen molar-refractivity contribution in [3.63, 3.8) is 0 Å². The molecule has 3 aromatic carbocycles. The lowest BCUT2D eigenvalue weighted by atomic mass is 9.96. The van der Waals surface area contributed by atoms with Crippen LogP contribution in [-0.4, -0.2) is 37.1 Å². The third-order valence-electron chi connectivity index (χ3n) is 5.84. The maximum Gasteiger partial charge on any atom is 0.258 e. The summed E-state index contributed by atoms with van der Waals surface area (Å²) >= 11 is 0. The average Bonchev–Trinajstić information content (AvgIpc) is 2.80. The van der Waals surface area contributed by atoms with E-state index in [9.17, 15) is 9.18 Å². The normalized spacial score (nSPS) is 14.7. The standard InChI is InChI=1S/C26H28FNO3/c1-2-31-24-12-9-21-5-3-4-6-23(21)25(24)26(29)28-15-13-20(14-16-28)18-30-17-19-7-10-22(27)11-8-19/h3-12,20H,2,13-18H2,1H3. The summed E-state index contributed by atoms with van der Waals surface area (Å²) in [4.78, 5) is 15.4. The summed E-state index contributed by atoms with van der Waals surface area (Å²) in [6.07, 6.45) is 1.81. The molecule has 1 aliphatic rings. The van der Waals surface area contributed by atoms with Gasteiger partial charge < -0.3 is 14.4 Å². The molecule has 31 heavy (non-hydrogen) atoms. The predicted molar refractivity (Wildman–Crippen MR) is 120 cm³/mol. The molecule has 0 radical (unpaired) electrons. The molecule has 4 rings (SSSR count). The summed E-state index contributed by atoms with van der Waals surface area (Å²) < 4.78 is 24.6. The van der Waals surface area contributed by atoms with Crippen molar-refractivity contribution >= 4 is 16.7 Å².